The first-order valence-corrected chi connectivity index (χ1v) is 5.35. The van der Waals surface area contributed by atoms with Crippen LogP contribution >= 0.6 is 0 Å². The normalized spacial score (nSPS) is 31.6. The maximum absolute atomic E-state index is 9.81. The van der Waals surface area contributed by atoms with Gasteiger partial charge < -0.3 is 15.2 Å². The van der Waals surface area contributed by atoms with Crippen molar-refractivity contribution in [2.75, 3.05) is 19.8 Å². The molecule has 3 nitrogen and oxygen atoms in total. The fourth-order valence-electron chi connectivity index (χ4n) is 1.81. The van der Waals surface area contributed by atoms with Crippen molar-refractivity contribution in [3.8, 4) is 0 Å². The van der Waals surface area contributed by atoms with E-state index in [9.17, 15) is 5.11 Å². The zero-order valence-electron chi connectivity index (χ0n) is 8.04. The van der Waals surface area contributed by atoms with Crippen molar-refractivity contribution in [3.63, 3.8) is 0 Å². The van der Waals surface area contributed by atoms with E-state index in [2.05, 4.69) is 5.32 Å². The minimum atomic E-state index is -0.208. The molecule has 2 N–H and O–H groups in total. The summed E-state index contributed by atoms with van der Waals surface area (Å²) in [5.41, 5.74) is 0. The Balaban J connectivity index is 1.64. The Hall–Kier alpha value is -0.120. The van der Waals surface area contributed by atoms with Crippen LogP contribution in [0, 0.1) is 5.92 Å². The maximum atomic E-state index is 9.81. The van der Waals surface area contributed by atoms with Crippen LogP contribution in [0.3, 0.4) is 0 Å². The highest BCUT2D eigenvalue weighted by Gasteiger charge is 2.25. The van der Waals surface area contributed by atoms with Crippen molar-refractivity contribution in [1.29, 1.82) is 0 Å². The van der Waals surface area contributed by atoms with E-state index in [1.165, 1.54) is 12.8 Å². The zero-order valence-corrected chi connectivity index (χ0v) is 8.04. The number of ether oxygens (including phenoxy) is 1. The van der Waals surface area contributed by atoms with E-state index in [0.717, 1.165) is 32.6 Å². The van der Waals surface area contributed by atoms with Gasteiger partial charge in [0.25, 0.3) is 0 Å². The molecule has 1 aliphatic heterocycles. The molecule has 0 spiro atoms. The van der Waals surface area contributed by atoms with Crippen LogP contribution in [0.25, 0.3) is 0 Å². The molecule has 0 aromatic carbocycles. The number of aliphatic hydroxyl groups excluding tert-OH is 1. The molecule has 0 amide bonds. The van der Waals surface area contributed by atoms with Gasteiger partial charge in [-0.05, 0) is 25.7 Å². The van der Waals surface area contributed by atoms with Gasteiger partial charge in [0.05, 0.1) is 12.7 Å². The number of hydrogen-bond acceptors (Lipinski definition) is 3. The van der Waals surface area contributed by atoms with Crippen LogP contribution in [0.1, 0.15) is 25.7 Å². The fourth-order valence-corrected chi connectivity index (χ4v) is 1.81. The van der Waals surface area contributed by atoms with Crippen LogP contribution in [0.15, 0.2) is 0 Å². The highest BCUT2D eigenvalue weighted by molar-refractivity contribution is 4.83. The topological polar surface area (TPSA) is 41.5 Å². The Kier molecular flexibility index (Phi) is 3.19. The molecule has 0 aromatic rings. The summed E-state index contributed by atoms with van der Waals surface area (Å²) >= 11 is 0. The third kappa shape index (κ3) is 2.93. The minimum Gasteiger partial charge on any atom is -0.391 e. The molecule has 0 radical (unpaired) electrons. The Morgan fingerprint density at radius 1 is 1.38 bits per heavy atom. The van der Waals surface area contributed by atoms with Crippen molar-refractivity contribution in [2.24, 2.45) is 5.92 Å². The molecule has 2 fully saturated rings. The number of nitrogens with one attached hydrogen (secondary N) is 1. The summed E-state index contributed by atoms with van der Waals surface area (Å²) in [5.74, 6) is 0.361. The van der Waals surface area contributed by atoms with Gasteiger partial charge in [0, 0.05) is 25.1 Å². The number of aliphatic hydroxyl groups is 1. The molecule has 1 saturated carbocycles. The lowest BCUT2D eigenvalue weighted by Gasteiger charge is -2.26. The van der Waals surface area contributed by atoms with Gasteiger partial charge in [-0.15, -0.1) is 0 Å². The lowest BCUT2D eigenvalue weighted by molar-refractivity contribution is -0.00832. The summed E-state index contributed by atoms with van der Waals surface area (Å²) in [7, 11) is 0. The van der Waals surface area contributed by atoms with Crippen LogP contribution in [-0.4, -0.2) is 37.0 Å². The Labute approximate surface area is 79.5 Å². The molecule has 1 heterocycles. The molecule has 0 bridgehead atoms. The van der Waals surface area contributed by atoms with E-state index in [1.54, 1.807) is 0 Å². The fraction of sp³-hybridized carbons (Fsp3) is 1.00. The number of hydrogen-bond donors (Lipinski definition) is 2. The van der Waals surface area contributed by atoms with Crippen molar-refractivity contribution in [1.82, 2.24) is 5.32 Å². The van der Waals surface area contributed by atoms with Crippen molar-refractivity contribution in [2.45, 2.75) is 37.8 Å². The van der Waals surface area contributed by atoms with Gasteiger partial charge in [-0.2, -0.15) is 0 Å². The second-order valence-corrected chi connectivity index (χ2v) is 4.23. The van der Waals surface area contributed by atoms with Crippen molar-refractivity contribution in [3.05, 3.63) is 0 Å². The van der Waals surface area contributed by atoms with E-state index < -0.39 is 0 Å². The van der Waals surface area contributed by atoms with E-state index >= 15 is 0 Å². The molecule has 76 valence electrons. The van der Waals surface area contributed by atoms with Gasteiger partial charge in [-0.25, -0.2) is 0 Å². The molecular formula is C10H19NO2. The first kappa shape index (κ1) is 9.44. The quantitative estimate of drug-likeness (QED) is 0.671. The summed E-state index contributed by atoms with van der Waals surface area (Å²) in [6, 6.07) is 0.694. The highest BCUT2D eigenvalue weighted by Crippen LogP contribution is 2.20. The third-order valence-corrected chi connectivity index (χ3v) is 2.93. The second kappa shape index (κ2) is 4.40. The van der Waals surface area contributed by atoms with Crippen LogP contribution < -0.4 is 5.32 Å². The average Bonchev–Trinajstić information content (AvgIpc) is 2.99. The van der Waals surface area contributed by atoms with Gasteiger partial charge in [0.2, 0.25) is 0 Å². The zero-order chi connectivity index (χ0) is 9.10. The third-order valence-electron chi connectivity index (χ3n) is 2.93. The minimum absolute atomic E-state index is 0.208. The van der Waals surface area contributed by atoms with E-state index in [0.29, 0.717) is 12.0 Å². The van der Waals surface area contributed by atoms with Crippen LogP contribution in [0.2, 0.25) is 0 Å². The lowest BCUT2D eigenvalue weighted by atomic mass is 9.96. The van der Waals surface area contributed by atoms with Gasteiger partial charge in [-0.3, -0.25) is 0 Å². The highest BCUT2D eigenvalue weighted by atomic mass is 16.5. The molecular weight excluding hydrogens is 166 g/mol. The summed E-state index contributed by atoms with van der Waals surface area (Å²) in [5, 5.41) is 13.2. The smallest absolute Gasteiger partial charge is 0.0714 e. The summed E-state index contributed by atoms with van der Waals surface area (Å²) in [6.45, 7) is 2.37. The standard InChI is InChI=1S/C10H19NO2/c12-10(6-11-9-3-4-9)8-2-1-5-13-7-8/h8-12H,1-7H2. The van der Waals surface area contributed by atoms with E-state index in [4.69, 9.17) is 4.74 Å². The van der Waals surface area contributed by atoms with Gasteiger partial charge in [-0.1, -0.05) is 0 Å². The van der Waals surface area contributed by atoms with Crippen molar-refractivity contribution >= 4 is 0 Å². The maximum Gasteiger partial charge on any atom is 0.0714 e. The predicted molar refractivity (Wildman–Crippen MR) is 50.6 cm³/mol. The molecule has 2 aliphatic rings. The summed E-state index contributed by atoms with van der Waals surface area (Å²) in [4.78, 5) is 0. The summed E-state index contributed by atoms with van der Waals surface area (Å²) in [6.07, 6.45) is 4.58. The molecule has 0 aromatic heterocycles. The van der Waals surface area contributed by atoms with Crippen LogP contribution in [-0.2, 0) is 4.74 Å². The molecule has 2 rings (SSSR count). The SMILES string of the molecule is OC(CNC1CC1)C1CCCOC1. The van der Waals surface area contributed by atoms with Gasteiger partial charge in [0.15, 0.2) is 0 Å². The Bertz CT molecular complexity index is 153. The van der Waals surface area contributed by atoms with Crippen molar-refractivity contribution < 1.29 is 9.84 Å². The first-order chi connectivity index (χ1) is 6.36. The molecule has 2 unspecified atom stereocenters. The molecule has 2 atom stereocenters. The molecule has 3 heteroatoms. The summed E-state index contributed by atoms with van der Waals surface area (Å²) < 4.78 is 5.34. The molecule has 13 heavy (non-hydrogen) atoms. The Morgan fingerprint density at radius 3 is 2.85 bits per heavy atom. The average molecular weight is 185 g/mol. The second-order valence-electron chi connectivity index (χ2n) is 4.23. The Morgan fingerprint density at radius 2 is 2.23 bits per heavy atom. The van der Waals surface area contributed by atoms with E-state index in [-0.39, 0.29) is 6.10 Å². The number of rotatable bonds is 4. The van der Waals surface area contributed by atoms with E-state index in [1.807, 2.05) is 0 Å². The monoisotopic (exact) mass is 185 g/mol. The van der Waals surface area contributed by atoms with Crippen LogP contribution in [0.4, 0.5) is 0 Å². The predicted octanol–water partition coefficient (Wildman–Crippen LogP) is 0.526. The van der Waals surface area contributed by atoms with Gasteiger partial charge >= 0.3 is 0 Å². The molecule has 1 saturated heterocycles. The van der Waals surface area contributed by atoms with Crippen LogP contribution in [0.5, 0.6) is 0 Å². The largest absolute Gasteiger partial charge is 0.391 e. The lowest BCUT2D eigenvalue weighted by Crippen LogP contribution is -2.37. The van der Waals surface area contributed by atoms with Gasteiger partial charge in [0.1, 0.15) is 0 Å². The molecule has 1 aliphatic carbocycles. The first-order valence-electron chi connectivity index (χ1n) is 5.35.